The lowest BCUT2D eigenvalue weighted by atomic mass is 10.0. The van der Waals surface area contributed by atoms with Gasteiger partial charge in [0.1, 0.15) is 11.8 Å². The minimum atomic E-state index is -0.775. The number of hydrogen-bond donors (Lipinski definition) is 1. The molecular weight excluding hydrogens is 519 g/mol. The maximum atomic E-state index is 13.8. The molecule has 1 atom stereocenters. The van der Waals surface area contributed by atoms with E-state index in [1.807, 2.05) is 81.4 Å². The molecule has 0 saturated carbocycles. The summed E-state index contributed by atoms with van der Waals surface area (Å²) in [5, 5.41) is 3.87. The quantitative estimate of drug-likeness (QED) is 0.292. The molecule has 3 rings (SSSR count). The average Bonchev–Trinajstić information content (AvgIpc) is 2.86. The van der Waals surface area contributed by atoms with Crippen LogP contribution in [0.5, 0.6) is 5.75 Å². The number of hydrogen-bond acceptors (Lipinski definition) is 3. The zero-order chi connectivity index (χ0) is 27.9. The first-order valence-corrected chi connectivity index (χ1v) is 13.5. The molecule has 0 fully saturated rings. The van der Waals surface area contributed by atoms with Gasteiger partial charge in [-0.25, -0.2) is 0 Å². The molecule has 0 heterocycles. The molecule has 0 aliphatic carbocycles. The molecule has 202 valence electrons. The number of amides is 2. The number of para-hydroxylation sites is 1. The molecule has 3 aromatic rings. The van der Waals surface area contributed by atoms with Gasteiger partial charge in [-0.2, -0.15) is 0 Å². The van der Waals surface area contributed by atoms with E-state index in [4.69, 9.17) is 27.9 Å². The maximum absolute atomic E-state index is 13.8. The molecule has 0 radical (unpaired) electrons. The van der Waals surface area contributed by atoms with Gasteiger partial charge < -0.3 is 15.0 Å². The van der Waals surface area contributed by atoms with Crippen molar-refractivity contribution in [2.24, 2.45) is 0 Å². The fraction of sp³-hybridized carbons (Fsp3) is 0.355. The van der Waals surface area contributed by atoms with Crippen LogP contribution >= 0.6 is 23.2 Å². The molecule has 0 saturated heterocycles. The zero-order valence-electron chi connectivity index (χ0n) is 22.6. The summed E-state index contributed by atoms with van der Waals surface area (Å²) >= 11 is 12.4. The summed E-state index contributed by atoms with van der Waals surface area (Å²) in [4.78, 5) is 29.0. The monoisotopic (exact) mass is 554 g/mol. The molecule has 0 aliphatic rings. The Morgan fingerprint density at radius 2 is 1.55 bits per heavy atom. The predicted molar refractivity (Wildman–Crippen MR) is 155 cm³/mol. The first-order chi connectivity index (χ1) is 17.9. The van der Waals surface area contributed by atoms with E-state index in [-0.39, 0.29) is 30.9 Å². The first-order valence-electron chi connectivity index (χ1n) is 12.8. The van der Waals surface area contributed by atoms with Crippen molar-refractivity contribution in [2.45, 2.75) is 65.1 Å². The summed E-state index contributed by atoms with van der Waals surface area (Å²) in [6.45, 7) is 9.87. The minimum Gasteiger partial charge on any atom is -0.483 e. The zero-order valence-corrected chi connectivity index (χ0v) is 24.1. The average molecular weight is 556 g/mol. The number of ether oxygens (including phenoxy) is 1. The van der Waals surface area contributed by atoms with Crippen LogP contribution < -0.4 is 10.1 Å². The molecule has 7 heteroatoms. The minimum absolute atomic E-state index is 0.167. The van der Waals surface area contributed by atoms with E-state index < -0.39 is 11.6 Å². The van der Waals surface area contributed by atoms with Gasteiger partial charge in [-0.05, 0) is 61.6 Å². The Morgan fingerprint density at radius 1 is 0.895 bits per heavy atom. The third-order valence-electron chi connectivity index (χ3n) is 6.00. The van der Waals surface area contributed by atoms with Gasteiger partial charge in [0, 0.05) is 18.5 Å². The third-order valence-corrected chi connectivity index (χ3v) is 6.74. The highest BCUT2D eigenvalue weighted by Gasteiger charge is 2.32. The fourth-order valence-electron chi connectivity index (χ4n) is 4.15. The van der Waals surface area contributed by atoms with Gasteiger partial charge in [0.05, 0.1) is 10.0 Å². The van der Waals surface area contributed by atoms with Gasteiger partial charge in [0.15, 0.2) is 6.61 Å². The van der Waals surface area contributed by atoms with E-state index in [1.165, 1.54) is 0 Å². The number of benzene rings is 3. The van der Waals surface area contributed by atoms with Gasteiger partial charge >= 0.3 is 0 Å². The number of nitrogens with zero attached hydrogens (tertiary/aromatic N) is 1. The fourth-order valence-corrected chi connectivity index (χ4v) is 4.47. The summed E-state index contributed by atoms with van der Waals surface area (Å²) in [7, 11) is 0. The number of halogens is 2. The summed E-state index contributed by atoms with van der Waals surface area (Å²) in [6.07, 6.45) is 0.346. The molecule has 0 spiro atoms. The van der Waals surface area contributed by atoms with Crippen LogP contribution in [0.4, 0.5) is 0 Å². The van der Waals surface area contributed by atoms with E-state index in [0.717, 1.165) is 16.7 Å². The van der Waals surface area contributed by atoms with Gasteiger partial charge in [-0.3, -0.25) is 9.59 Å². The second-order valence-corrected chi connectivity index (χ2v) is 11.5. The van der Waals surface area contributed by atoms with Gasteiger partial charge in [0.25, 0.3) is 5.91 Å². The number of carbonyl (C=O) groups excluding carboxylic acids is 2. The van der Waals surface area contributed by atoms with Crippen LogP contribution in [0.2, 0.25) is 10.0 Å². The van der Waals surface area contributed by atoms with Crippen molar-refractivity contribution in [1.29, 1.82) is 0 Å². The van der Waals surface area contributed by atoms with Crippen molar-refractivity contribution in [1.82, 2.24) is 10.2 Å². The lowest BCUT2D eigenvalue weighted by Gasteiger charge is -2.34. The van der Waals surface area contributed by atoms with Crippen LogP contribution in [0, 0.1) is 0 Å². The Morgan fingerprint density at radius 3 is 2.18 bits per heavy atom. The Hall–Kier alpha value is -3.02. The summed E-state index contributed by atoms with van der Waals surface area (Å²) in [6, 6.07) is 21.8. The van der Waals surface area contributed by atoms with Gasteiger partial charge in [-0.15, -0.1) is 0 Å². The van der Waals surface area contributed by atoms with Crippen LogP contribution in [-0.4, -0.2) is 34.9 Å². The second-order valence-electron chi connectivity index (χ2n) is 10.7. The van der Waals surface area contributed by atoms with Crippen molar-refractivity contribution in [2.75, 3.05) is 6.61 Å². The number of carbonyl (C=O) groups is 2. The van der Waals surface area contributed by atoms with E-state index in [2.05, 4.69) is 19.2 Å². The van der Waals surface area contributed by atoms with E-state index in [9.17, 15) is 9.59 Å². The molecule has 2 amide bonds. The topological polar surface area (TPSA) is 58.6 Å². The van der Waals surface area contributed by atoms with Gasteiger partial charge in [-0.1, -0.05) is 91.6 Å². The molecule has 38 heavy (non-hydrogen) atoms. The molecule has 0 aromatic heterocycles. The Kier molecular flexibility index (Phi) is 10.2. The second kappa shape index (κ2) is 13.2. The highest BCUT2D eigenvalue weighted by Crippen LogP contribution is 2.27. The van der Waals surface area contributed by atoms with Crippen LogP contribution in [-0.2, 0) is 22.6 Å². The molecule has 1 N–H and O–H groups in total. The van der Waals surface area contributed by atoms with E-state index in [1.54, 1.807) is 17.0 Å². The molecular formula is C31H36Cl2N2O3. The molecule has 3 aromatic carbocycles. The van der Waals surface area contributed by atoms with Crippen LogP contribution in [0.1, 0.15) is 57.2 Å². The Bertz CT molecular complexity index is 1240. The number of rotatable bonds is 10. The SMILES string of the molecule is CC(C)c1ccccc1OCC(=O)N(Cc1ccc(Cl)c(Cl)c1)C(Cc1ccccc1)C(=O)NC(C)(C)C. The molecule has 0 bridgehead atoms. The van der Waals surface area contributed by atoms with Crippen molar-refractivity contribution < 1.29 is 14.3 Å². The molecule has 1 unspecified atom stereocenters. The lowest BCUT2D eigenvalue weighted by molar-refractivity contribution is -0.143. The third kappa shape index (κ3) is 8.50. The van der Waals surface area contributed by atoms with Crippen LogP contribution in [0.3, 0.4) is 0 Å². The van der Waals surface area contributed by atoms with Crippen molar-refractivity contribution in [3.8, 4) is 5.75 Å². The Labute approximate surface area is 236 Å². The normalized spacial score (nSPS) is 12.2. The largest absolute Gasteiger partial charge is 0.483 e. The van der Waals surface area contributed by atoms with Crippen molar-refractivity contribution >= 4 is 35.0 Å². The van der Waals surface area contributed by atoms with Gasteiger partial charge in [0.2, 0.25) is 5.91 Å². The Balaban J connectivity index is 1.97. The van der Waals surface area contributed by atoms with Crippen molar-refractivity contribution in [3.05, 3.63) is 99.5 Å². The lowest BCUT2D eigenvalue weighted by Crippen LogP contribution is -2.55. The van der Waals surface area contributed by atoms with E-state index in [0.29, 0.717) is 22.2 Å². The first kappa shape index (κ1) is 29.5. The molecule has 5 nitrogen and oxygen atoms in total. The maximum Gasteiger partial charge on any atom is 0.261 e. The predicted octanol–water partition coefficient (Wildman–Crippen LogP) is 7.05. The summed E-state index contributed by atoms with van der Waals surface area (Å²) in [5.74, 6) is 0.345. The van der Waals surface area contributed by atoms with Crippen molar-refractivity contribution in [3.63, 3.8) is 0 Å². The summed E-state index contributed by atoms with van der Waals surface area (Å²) in [5.41, 5.74) is 2.25. The highest BCUT2D eigenvalue weighted by molar-refractivity contribution is 6.42. The van der Waals surface area contributed by atoms with E-state index >= 15 is 0 Å². The van der Waals surface area contributed by atoms with Crippen LogP contribution in [0.15, 0.2) is 72.8 Å². The summed E-state index contributed by atoms with van der Waals surface area (Å²) < 4.78 is 6.03. The standard InChI is InChI=1S/C31H36Cl2N2O3/c1-21(2)24-13-9-10-14-28(24)38-20-29(36)35(19-23-15-16-25(32)26(33)17-23)27(30(37)34-31(3,4)5)18-22-11-7-6-8-12-22/h6-17,21,27H,18-20H2,1-5H3,(H,34,37). The highest BCUT2D eigenvalue weighted by atomic mass is 35.5. The number of nitrogens with one attached hydrogen (secondary N) is 1. The molecule has 0 aliphatic heterocycles. The van der Waals surface area contributed by atoms with Crippen LogP contribution in [0.25, 0.3) is 0 Å². The smallest absolute Gasteiger partial charge is 0.261 e.